The standard InChI is InChI=1S/C15H15Cl2NS/c1-10(11-3-6-13(19-2)7-4-11)18-12-5-8-14(16)15(17)9-12/h3-10,18H,1-2H3. The summed E-state index contributed by atoms with van der Waals surface area (Å²) in [5.41, 5.74) is 2.21. The number of nitrogens with one attached hydrogen (secondary N) is 1. The molecule has 0 saturated carbocycles. The molecule has 1 atom stereocenters. The fourth-order valence-corrected chi connectivity index (χ4v) is 2.52. The highest BCUT2D eigenvalue weighted by Gasteiger charge is 2.06. The van der Waals surface area contributed by atoms with E-state index >= 15 is 0 Å². The second-order valence-corrected chi connectivity index (χ2v) is 5.96. The Hall–Kier alpha value is -0.830. The quantitative estimate of drug-likeness (QED) is 0.707. The van der Waals surface area contributed by atoms with Crippen molar-refractivity contribution in [2.24, 2.45) is 0 Å². The third kappa shape index (κ3) is 3.82. The number of halogens is 2. The van der Waals surface area contributed by atoms with Crippen molar-refractivity contribution in [2.75, 3.05) is 11.6 Å². The van der Waals surface area contributed by atoms with E-state index in [1.165, 1.54) is 10.5 Å². The van der Waals surface area contributed by atoms with E-state index in [-0.39, 0.29) is 6.04 Å². The molecule has 1 unspecified atom stereocenters. The lowest BCUT2D eigenvalue weighted by Gasteiger charge is -2.16. The van der Waals surface area contributed by atoms with Gasteiger partial charge in [-0.2, -0.15) is 0 Å². The van der Waals surface area contributed by atoms with Gasteiger partial charge in [0.1, 0.15) is 0 Å². The molecule has 0 aromatic heterocycles. The number of benzene rings is 2. The van der Waals surface area contributed by atoms with Crippen molar-refractivity contribution in [2.45, 2.75) is 17.9 Å². The van der Waals surface area contributed by atoms with Gasteiger partial charge in [0.05, 0.1) is 10.0 Å². The van der Waals surface area contributed by atoms with Crippen molar-refractivity contribution in [3.63, 3.8) is 0 Å². The van der Waals surface area contributed by atoms with Gasteiger partial charge in [-0.05, 0) is 49.1 Å². The van der Waals surface area contributed by atoms with Crippen LogP contribution in [0.4, 0.5) is 5.69 Å². The molecule has 0 aliphatic rings. The second kappa shape index (κ2) is 6.56. The maximum atomic E-state index is 6.01. The first-order valence-electron chi connectivity index (χ1n) is 5.95. The van der Waals surface area contributed by atoms with Crippen LogP contribution in [0.2, 0.25) is 10.0 Å². The van der Waals surface area contributed by atoms with Gasteiger partial charge in [0.15, 0.2) is 0 Å². The van der Waals surface area contributed by atoms with Crippen molar-refractivity contribution in [3.8, 4) is 0 Å². The van der Waals surface area contributed by atoms with E-state index in [1.54, 1.807) is 17.8 Å². The number of hydrogen-bond acceptors (Lipinski definition) is 2. The van der Waals surface area contributed by atoms with E-state index in [1.807, 2.05) is 12.1 Å². The minimum Gasteiger partial charge on any atom is -0.378 e. The molecule has 2 rings (SSSR count). The number of thioether (sulfide) groups is 1. The molecule has 0 saturated heterocycles. The molecular weight excluding hydrogens is 297 g/mol. The van der Waals surface area contributed by atoms with Crippen LogP contribution in [0.5, 0.6) is 0 Å². The van der Waals surface area contributed by atoms with Crippen LogP contribution in [-0.4, -0.2) is 6.26 Å². The van der Waals surface area contributed by atoms with E-state index in [0.717, 1.165) is 5.69 Å². The largest absolute Gasteiger partial charge is 0.378 e. The van der Waals surface area contributed by atoms with Gasteiger partial charge in [-0.15, -0.1) is 11.8 Å². The van der Waals surface area contributed by atoms with Crippen LogP contribution in [0.1, 0.15) is 18.5 Å². The van der Waals surface area contributed by atoms with E-state index in [4.69, 9.17) is 23.2 Å². The number of anilines is 1. The molecular formula is C15H15Cl2NS. The molecule has 0 fully saturated rings. The van der Waals surface area contributed by atoms with Gasteiger partial charge in [0, 0.05) is 16.6 Å². The molecule has 0 spiro atoms. The lowest BCUT2D eigenvalue weighted by Crippen LogP contribution is -2.06. The molecule has 0 aliphatic carbocycles. The molecule has 1 nitrogen and oxygen atoms in total. The Morgan fingerprint density at radius 1 is 1.00 bits per heavy atom. The number of hydrogen-bond donors (Lipinski definition) is 1. The summed E-state index contributed by atoms with van der Waals surface area (Å²) in [6.45, 7) is 2.12. The van der Waals surface area contributed by atoms with Crippen molar-refractivity contribution >= 4 is 40.7 Å². The molecule has 4 heteroatoms. The highest BCUT2D eigenvalue weighted by Crippen LogP contribution is 2.28. The highest BCUT2D eigenvalue weighted by molar-refractivity contribution is 7.98. The predicted molar refractivity (Wildman–Crippen MR) is 86.7 cm³/mol. The van der Waals surface area contributed by atoms with Crippen LogP contribution in [0, 0.1) is 0 Å². The fraction of sp³-hybridized carbons (Fsp3) is 0.200. The van der Waals surface area contributed by atoms with Crippen LogP contribution in [-0.2, 0) is 0 Å². The lowest BCUT2D eigenvalue weighted by atomic mass is 10.1. The van der Waals surface area contributed by atoms with E-state index in [9.17, 15) is 0 Å². The van der Waals surface area contributed by atoms with Crippen LogP contribution in [0.3, 0.4) is 0 Å². The van der Waals surface area contributed by atoms with Gasteiger partial charge in [-0.25, -0.2) is 0 Å². The summed E-state index contributed by atoms with van der Waals surface area (Å²) in [5.74, 6) is 0. The number of rotatable bonds is 4. The monoisotopic (exact) mass is 311 g/mol. The Bertz CT molecular complexity index is 555. The second-order valence-electron chi connectivity index (χ2n) is 4.27. The topological polar surface area (TPSA) is 12.0 Å². The molecule has 0 radical (unpaired) electrons. The normalized spacial score (nSPS) is 12.2. The predicted octanol–water partition coefficient (Wildman–Crippen LogP) is 5.89. The summed E-state index contributed by atoms with van der Waals surface area (Å²) >= 11 is 13.7. The average Bonchev–Trinajstić information content (AvgIpc) is 2.43. The SMILES string of the molecule is CSc1ccc(C(C)Nc2ccc(Cl)c(Cl)c2)cc1. The van der Waals surface area contributed by atoms with Gasteiger partial charge >= 0.3 is 0 Å². The van der Waals surface area contributed by atoms with Gasteiger partial charge < -0.3 is 5.32 Å². The van der Waals surface area contributed by atoms with Crippen LogP contribution in [0.25, 0.3) is 0 Å². The van der Waals surface area contributed by atoms with Gasteiger partial charge in [-0.3, -0.25) is 0 Å². The first-order valence-corrected chi connectivity index (χ1v) is 7.94. The van der Waals surface area contributed by atoms with Crippen molar-refractivity contribution < 1.29 is 0 Å². The molecule has 0 heterocycles. The lowest BCUT2D eigenvalue weighted by molar-refractivity contribution is 0.883. The third-order valence-corrected chi connectivity index (χ3v) is 4.40. The summed E-state index contributed by atoms with van der Waals surface area (Å²) in [7, 11) is 0. The smallest absolute Gasteiger partial charge is 0.0612 e. The van der Waals surface area contributed by atoms with Crippen LogP contribution >= 0.6 is 35.0 Å². The van der Waals surface area contributed by atoms with E-state index in [0.29, 0.717) is 10.0 Å². The fourth-order valence-electron chi connectivity index (χ4n) is 1.81. The minimum absolute atomic E-state index is 0.216. The molecule has 100 valence electrons. The Morgan fingerprint density at radius 2 is 1.68 bits per heavy atom. The minimum atomic E-state index is 0.216. The van der Waals surface area contributed by atoms with Crippen molar-refractivity contribution in [1.82, 2.24) is 0 Å². The Morgan fingerprint density at radius 3 is 2.26 bits per heavy atom. The van der Waals surface area contributed by atoms with Crippen molar-refractivity contribution in [1.29, 1.82) is 0 Å². The van der Waals surface area contributed by atoms with Gasteiger partial charge in [-0.1, -0.05) is 35.3 Å². The summed E-state index contributed by atoms with van der Waals surface area (Å²) in [6.07, 6.45) is 2.08. The Labute approximate surface area is 128 Å². The van der Waals surface area contributed by atoms with E-state index in [2.05, 4.69) is 42.8 Å². The van der Waals surface area contributed by atoms with Crippen molar-refractivity contribution in [3.05, 3.63) is 58.1 Å². The van der Waals surface area contributed by atoms with Crippen LogP contribution in [0.15, 0.2) is 47.4 Å². The zero-order chi connectivity index (χ0) is 13.8. The third-order valence-electron chi connectivity index (χ3n) is 2.92. The highest BCUT2D eigenvalue weighted by atomic mass is 35.5. The molecule has 0 bridgehead atoms. The molecule has 2 aromatic carbocycles. The first kappa shape index (κ1) is 14.6. The zero-order valence-electron chi connectivity index (χ0n) is 10.8. The summed E-state index contributed by atoms with van der Waals surface area (Å²) in [4.78, 5) is 1.27. The molecule has 1 N–H and O–H groups in total. The Kier molecular flexibility index (Phi) is 5.03. The zero-order valence-corrected chi connectivity index (χ0v) is 13.1. The van der Waals surface area contributed by atoms with Crippen LogP contribution < -0.4 is 5.32 Å². The first-order chi connectivity index (χ1) is 9.10. The summed E-state index contributed by atoms with van der Waals surface area (Å²) < 4.78 is 0. The molecule has 0 amide bonds. The Balaban J connectivity index is 2.10. The van der Waals surface area contributed by atoms with Gasteiger partial charge in [0.2, 0.25) is 0 Å². The van der Waals surface area contributed by atoms with E-state index < -0.39 is 0 Å². The summed E-state index contributed by atoms with van der Waals surface area (Å²) in [6, 6.07) is 14.3. The van der Waals surface area contributed by atoms with Gasteiger partial charge in [0.25, 0.3) is 0 Å². The molecule has 2 aromatic rings. The maximum absolute atomic E-state index is 6.01. The average molecular weight is 312 g/mol. The molecule has 19 heavy (non-hydrogen) atoms. The summed E-state index contributed by atoms with van der Waals surface area (Å²) in [5, 5.41) is 4.55. The molecule has 0 aliphatic heterocycles. The maximum Gasteiger partial charge on any atom is 0.0612 e.